The molecule has 0 radical (unpaired) electrons. The van der Waals surface area contributed by atoms with Gasteiger partial charge >= 0.3 is 0 Å². The minimum Gasteiger partial charge on any atom is -0.492 e. The van der Waals surface area contributed by atoms with Gasteiger partial charge in [0, 0.05) is 48.1 Å². The number of hydrogen-bond acceptors (Lipinski definition) is 3. The molecule has 0 aliphatic heterocycles. The van der Waals surface area contributed by atoms with E-state index in [1.807, 2.05) is 30.5 Å². The molecule has 4 aromatic rings. The van der Waals surface area contributed by atoms with Crippen molar-refractivity contribution in [3.63, 3.8) is 0 Å². The van der Waals surface area contributed by atoms with Crippen molar-refractivity contribution in [3.8, 4) is 16.9 Å². The third-order valence-electron chi connectivity index (χ3n) is 4.53. The van der Waals surface area contributed by atoms with Crippen molar-refractivity contribution < 1.29 is 17.9 Å². The van der Waals surface area contributed by atoms with Gasteiger partial charge in [-0.25, -0.2) is 13.2 Å². The van der Waals surface area contributed by atoms with Gasteiger partial charge in [-0.15, -0.1) is 24.8 Å². The molecule has 0 atom stereocenters. The summed E-state index contributed by atoms with van der Waals surface area (Å²) >= 11 is 0. The summed E-state index contributed by atoms with van der Waals surface area (Å²) in [6, 6.07) is 11.5. The molecule has 2 N–H and O–H groups in total. The molecule has 2 aromatic carbocycles. The topological polar surface area (TPSA) is 49.9 Å². The van der Waals surface area contributed by atoms with Crippen LogP contribution in [0.2, 0.25) is 0 Å². The highest BCUT2D eigenvalue weighted by molar-refractivity contribution is 5.86. The predicted octanol–water partition coefficient (Wildman–Crippen LogP) is 5.66. The standard InChI is InChI=1S/C22H18F3N3O.2ClH/c23-18-9-15(10-19(24)22(18)25)16-8-14(12-27-13-16)11-26-6-7-29-21-3-1-2-20-17(21)4-5-28-20;;/h1-5,8-10,12-13,26,28H,6-7,11H2;2*1H. The number of aromatic nitrogens is 2. The van der Waals surface area contributed by atoms with E-state index in [-0.39, 0.29) is 30.4 Å². The molecule has 2 heterocycles. The van der Waals surface area contributed by atoms with E-state index in [4.69, 9.17) is 4.74 Å². The van der Waals surface area contributed by atoms with Gasteiger partial charge in [0.15, 0.2) is 17.5 Å². The number of ether oxygens (including phenoxy) is 1. The van der Waals surface area contributed by atoms with Crippen LogP contribution in [0.4, 0.5) is 13.2 Å². The Morgan fingerprint density at radius 3 is 2.48 bits per heavy atom. The Hall–Kier alpha value is -2.74. The second-order valence-corrected chi connectivity index (χ2v) is 6.56. The lowest BCUT2D eigenvalue weighted by Crippen LogP contribution is -2.20. The van der Waals surface area contributed by atoms with Crippen LogP contribution in [0.25, 0.3) is 22.0 Å². The molecule has 2 aromatic heterocycles. The van der Waals surface area contributed by atoms with E-state index in [0.29, 0.717) is 25.3 Å². The molecule has 9 heteroatoms. The van der Waals surface area contributed by atoms with Crippen LogP contribution in [0.15, 0.2) is 61.1 Å². The monoisotopic (exact) mass is 469 g/mol. The second kappa shape index (κ2) is 11.0. The summed E-state index contributed by atoms with van der Waals surface area (Å²) in [7, 11) is 0. The van der Waals surface area contributed by atoms with Gasteiger partial charge in [-0.2, -0.15) is 0 Å². The number of benzene rings is 2. The number of fused-ring (bicyclic) bond motifs is 1. The van der Waals surface area contributed by atoms with Gasteiger partial charge in [0.2, 0.25) is 0 Å². The minimum absolute atomic E-state index is 0. The summed E-state index contributed by atoms with van der Waals surface area (Å²) in [5.41, 5.74) is 2.60. The fourth-order valence-electron chi connectivity index (χ4n) is 3.11. The maximum absolute atomic E-state index is 13.5. The van der Waals surface area contributed by atoms with E-state index >= 15 is 0 Å². The predicted molar refractivity (Wildman–Crippen MR) is 120 cm³/mol. The Labute approximate surface area is 189 Å². The first-order valence-corrected chi connectivity index (χ1v) is 9.10. The smallest absolute Gasteiger partial charge is 0.194 e. The SMILES string of the molecule is Cl.Cl.Fc1cc(-c2cncc(CNCCOc3cccc4[nH]ccc34)c2)cc(F)c1F. The zero-order valence-corrected chi connectivity index (χ0v) is 17.8. The van der Waals surface area contributed by atoms with Crippen molar-refractivity contribution in [1.29, 1.82) is 0 Å². The van der Waals surface area contributed by atoms with Crippen LogP contribution >= 0.6 is 24.8 Å². The lowest BCUT2D eigenvalue weighted by molar-refractivity contribution is 0.317. The van der Waals surface area contributed by atoms with Gasteiger partial charge in [0.05, 0.1) is 0 Å². The Morgan fingerprint density at radius 2 is 1.71 bits per heavy atom. The number of nitrogens with one attached hydrogen (secondary N) is 2. The van der Waals surface area contributed by atoms with Crippen molar-refractivity contribution in [3.05, 3.63) is 84.1 Å². The van der Waals surface area contributed by atoms with Gasteiger partial charge in [-0.1, -0.05) is 6.07 Å². The summed E-state index contributed by atoms with van der Waals surface area (Å²) in [4.78, 5) is 7.25. The van der Waals surface area contributed by atoms with Crippen LogP contribution in [-0.2, 0) is 6.54 Å². The van der Waals surface area contributed by atoms with Crippen LogP contribution in [0.3, 0.4) is 0 Å². The average Bonchev–Trinajstić information content (AvgIpc) is 3.21. The number of halogens is 5. The fourth-order valence-corrected chi connectivity index (χ4v) is 3.11. The van der Waals surface area contributed by atoms with Crippen LogP contribution in [0, 0.1) is 17.5 Å². The molecular formula is C22H20Cl2F3N3O. The average molecular weight is 470 g/mol. The van der Waals surface area contributed by atoms with Crippen LogP contribution in [0.5, 0.6) is 5.75 Å². The van der Waals surface area contributed by atoms with Crippen LogP contribution in [-0.4, -0.2) is 23.1 Å². The number of rotatable bonds is 7. The maximum atomic E-state index is 13.5. The number of hydrogen-bond donors (Lipinski definition) is 2. The zero-order valence-electron chi connectivity index (χ0n) is 16.2. The molecule has 0 spiro atoms. The third kappa shape index (κ3) is 5.70. The molecule has 0 unspecified atom stereocenters. The first-order chi connectivity index (χ1) is 14.1. The molecule has 0 saturated heterocycles. The Balaban J connectivity index is 0.00000171. The van der Waals surface area contributed by atoms with Crippen molar-refractivity contribution in [2.45, 2.75) is 6.54 Å². The van der Waals surface area contributed by atoms with Crippen molar-refractivity contribution in [2.24, 2.45) is 0 Å². The van der Waals surface area contributed by atoms with Crippen molar-refractivity contribution in [1.82, 2.24) is 15.3 Å². The van der Waals surface area contributed by atoms with Crippen molar-refractivity contribution in [2.75, 3.05) is 13.2 Å². The van der Waals surface area contributed by atoms with Crippen molar-refractivity contribution >= 4 is 35.7 Å². The van der Waals surface area contributed by atoms with Gasteiger partial charge in [-0.05, 0) is 47.5 Å². The summed E-state index contributed by atoms with van der Waals surface area (Å²) in [5.74, 6) is -3.11. The van der Waals surface area contributed by atoms with Gasteiger partial charge in [0.25, 0.3) is 0 Å². The molecular weight excluding hydrogens is 450 g/mol. The van der Waals surface area contributed by atoms with E-state index in [9.17, 15) is 13.2 Å². The molecule has 0 fully saturated rings. The normalized spacial score (nSPS) is 10.4. The molecule has 31 heavy (non-hydrogen) atoms. The molecule has 0 amide bonds. The zero-order chi connectivity index (χ0) is 20.2. The molecule has 164 valence electrons. The molecule has 4 nitrogen and oxygen atoms in total. The van der Waals surface area contributed by atoms with E-state index < -0.39 is 17.5 Å². The quantitative estimate of drug-likeness (QED) is 0.271. The van der Waals surface area contributed by atoms with Gasteiger partial charge in [-0.3, -0.25) is 4.98 Å². The van der Waals surface area contributed by atoms with E-state index in [2.05, 4.69) is 15.3 Å². The lowest BCUT2D eigenvalue weighted by Gasteiger charge is -2.10. The Bertz CT molecular complexity index is 1130. The molecule has 0 bridgehead atoms. The molecule has 0 aliphatic carbocycles. The number of aromatic amines is 1. The highest BCUT2D eigenvalue weighted by Gasteiger charge is 2.12. The molecule has 0 aliphatic rings. The van der Waals surface area contributed by atoms with E-state index in [0.717, 1.165) is 34.3 Å². The van der Waals surface area contributed by atoms with E-state index in [1.165, 1.54) is 6.20 Å². The number of H-pyrrole nitrogens is 1. The Kier molecular flexibility index (Phi) is 8.74. The number of pyridine rings is 1. The van der Waals surface area contributed by atoms with E-state index in [1.54, 1.807) is 12.3 Å². The molecule has 0 saturated carbocycles. The van der Waals surface area contributed by atoms with Crippen LogP contribution < -0.4 is 10.1 Å². The van der Waals surface area contributed by atoms with Gasteiger partial charge < -0.3 is 15.0 Å². The largest absolute Gasteiger partial charge is 0.492 e. The minimum atomic E-state index is -1.48. The second-order valence-electron chi connectivity index (χ2n) is 6.56. The third-order valence-corrected chi connectivity index (χ3v) is 4.53. The summed E-state index contributed by atoms with van der Waals surface area (Å²) in [6.45, 7) is 1.58. The fraction of sp³-hybridized carbons (Fsp3) is 0.136. The summed E-state index contributed by atoms with van der Waals surface area (Å²) in [5, 5.41) is 4.27. The first kappa shape index (κ1) is 24.5. The summed E-state index contributed by atoms with van der Waals surface area (Å²) < 4.78 is 45.9. The van der Waals surface area contributed by atoms with Gasteiger partial charge in [0.1, 0.15) is 12.4 Å². The summed E-state index contributed by atoms with van der Waals surface area (Å²) in [6.07, 6.45) is 5.01. The Morgan fingerprint density at radius 1 is 0.935 bits per heavy atom. The highest BCUT2D eigenvalue weighted by atomic mass is 35.5. The lowest BCUT2D eigenvalue weighted by atomic mass is 10.1. The van der Waals surface area contributed by atoms with Crippen LogP contribution in [0.1, 0.15) is 5.56 Å². The molecule has 4 rings (SSSR count). The first-order valence-electron chi connectivity index (χ1n) is 9.10. The maximum Gasteiger partial charge on any atom is 0.194 e. The highest BCUT2D eigenvalue weighted by Crippen LogP contribution is 2.25. The number of nitrogens with zero attached hydrogens (tertiary/aromatic N) is 1.